The molecule has 96 valence electrons. The molecule has 0 saturated carbocycles. The molecule has 1 aromatic rings. The van der Waals surface area contributed by atoms with Gasteiger partial charge in [-0.15, -0.1) is 11.6 Å². The van der Waals surface area contributed by atoms with E-state index in [9.17, 15) is 4.79 Å². The fourth-order valence-electron chi connectivity index (χ4n) is 1.09. The highest BCUT2D eigenvalue weighted by molar-refractivity contribution is 6.17. The number of carboxylic acids is 1. The minimum absolute atomic E-state index is 0.385. The van der Waals surface area contributed by atoms with Gasteiger partial charge in [0.1, 0.15) is 6.04 Å². The van der Waals surface area contributed by atoms with Gasteiger partial charge in [0.25, 0.3) is 0 Å². The Balaban J connectivity index is 0.000000437. The lowest BCUT2D eigenvalue weighted by Gasteiger charge is -2.04. The van der Waals surface area contributed by atoms with Crippen LogP contribution in [0.5, 0.6) is 0 Å². The molecule has 0 amide bonds. The fourth-order valence-corrected chi connectivity index (χ4v) is 1.36. The first kappa shape index (κ1) is 15.9. The molecule has 1 aromatic carbocycles. The lowest BCUT2D eigenvalue weighted by Crippen LogP contribution is -2.32. The Morgan fingerprint density at radius 2 is 2.00 bits per heavy atom. The van der Waals surface area contributed by atoms with E-state index in [1.54, 1.807) is 0 Å². The van der Waals surface area contributed by atoms with Gasteiger partial charge in [-0.3, -0.25) is 4.79 Å². The molecule has 17 heavy (non-hydrogen) atoms. The van der Waals surface area contributed by atoms with E-state index in [-0.39, 0.29) is 0 Å². The number of benzene rings is 1. The van der Waals surface area contributed by atoms with E-state index in [0.717, 1.165) is 17.9 Å². The van der Waals surface area contributed by atoms with Crippen molar-refractivity contribution in [3.05, 3.63) is 35.9 Å². The summed E-state index contributed by atoms with van der Waals surface area (Å²) >= 11 is 5.30. The largest absolute Gasteiger partial charge is 0.480 e. The number of carboxylic acid groups (broad SMARTS) is 1. The summed E-state index contributed by atoms with van der Waals surface area (Å²) in [5.41, 5.74) is 6.30. The second-order valence-electron chi connectivity index (χ2n) is 3.68. The summed E-state index contributed by atoms with van der Waals surface area (Å²) in [6.07, 6.45) is 2.75. The van der Waals surface area contributed by atoms with Gasteiger partial charge in [0, 0.05) is 5.88 Å². The third-order valence-corrected chi connectivity index (χ3v) is 2.37. The van der Waals surface area contributed by atoms with Crippen LogP contribution >= 0.6 is 11.6 Å². The predicted octanol–water partition coefficient (Wildman–Crippen LogP) is 2.67. The highest BCUT2D eigenvalue weighted by atomic mass is 35.5. The molecule has 1 atom stereocenters. The Morgan fingerprint density at radius 1 is 1.41 bits per heavy atom. The predicted molar refractivity (Wildman–Crippen MR) is 71.4 cm³/mol. The summed E-state index contributed by atoms with van der Waals surface area (Å²) in [6.45, 7) is 2.13. The maximum atomic E-state index is 10.4. The van der Waals surface area contributed by atoms with Crippen LogP contribution in [0.3, 0.4) is 0 Å². The van der Waals surface area contributed by atoms with Crippen molar-refractivity contribution < 1.29 is 9.90 Å². The van der Waals surface area contributed by atoms with Gasteiger partial charge in [-0.2, -0.15) is 0 Å². The monoisotopic (exact) mass is 257 g/mol. The molecule has 0 bridgehead atoms. The second-order valence-corrected chi connectivity index (χ2v) is 4.05. The first-order valence-corrected chi connectivity index (χ1v) is 6.23. The zero-order valence-electron chi connectivity index (χ0n) is 10.1. The molecule has 0 spiro atoms. The van der Waals surface area contributed by atoms with Crippen molar-refractivity contribution in [2.24, 2.45) is 5.73 Å². The molecule has 0 aliphatic rings. The Hall–Kier alpha value is -1.06. The average molecular weight is 258 g/mol. The highest BCUT2D eigenvalue weighted by Crippen LogP contribution is 2.01. The van der Waals surface area contributed by atoms with Gasteiger partial charge in [0.05, 0.1) is 0 Å². The maximum Gasteiger partial charge on any atom is 0.320 e. The van der Waals surface area contributed by atoms with Crippen LogP contribution < -0.4 is 5.73 Å². The number of nitrogens with two attached hydrogens (primary N) is 1. The molecule has 1 unspecified atom stereocenters. The quantitative estimate of drug-likeness (QED) is 0.797. The summed E-state index contributed by atoms with van der Waals surface area (Å²) in [5.74, 6) is -0.143. The van der Waals surface area contributed by atoms with E-state index >= 15 is 0 Å². The van der Waals surface area contributed by atoms with Crippen molar-refractivity contribution in [2.75, 3.05) is 5.88 Å². The van der Waals surface area contributed by atoms with E-state index in [4.69, 9.17) is 22.4 Å². The number of alkyl halides is 1. The molecule has 0 aromatic heterocycles. The molecule has 3 nitrogen and oxygen atoms in total. The molecule has 4 heteroatoms. The Morgan fingerprint density at radius 3 is 2.35 bits per heavy atom. The minimum Gasteiger partial charge on any atom is -0.480 e. The van der Waals surface area contributed by atoms with Crippen LogP contribution in [-0.4, -0.2) is 23.0 Å². The summed E-state index contributed by atoms with van der Waals surface area (Å²) < 4.78 is 0. The van der Waals surface area contributed by atoms with E-state index in [0.29, 0.717) is 6.42 Å². The van der Waals surface area contributed by atoms with Gasteiger partial charge >= 0.3 is 5.97 Å². The van der Waals surface area contributed by atoms with Crippen molar-refractivity contribution in [3.63, 3.8) is 0 Å². The van der Waals surface area contributed by atoms with E-state index in [2.05, 4.69) is 6.92 Å². The summed E-state index contributed by atoms with van der Waals surface area (Å²) in [6, 6.07) is 8.54. The number of unbranched alkanes of at least 4 members (excludes halogenated alkanes) is 1. The van der Waals surface area contributed by atoms with Gasteiger partial charge < -0.3 is 10.8 Å². The van der Waals surface area contributed by atoms with Gasteiger partial charge in [-0.25, -0.2) is 0 Å². The normalized spacial score (nSPS) is 11.2. The van der Waals surface area contributed by atoms with Crippen LogP contribution in [0, 0.1) is 0 Å². The van der Waals surface area contributed by atoms with Gasteiger partial charge in [-0.1, -0.05) is 43.7 Å². The molecule has 0 aliphatic carbocycles. The van der Waals surface area contributed by atoms with Crippen molar-refractivity contribution in [3.8, 4) is 0 Å². The van der Waals surface area contributed by atoms with Crippen molar-refractivity contribution in [1.29, 1.82) is 0 Å². The Kier molecular flexibility index (Phi) is 9.49. The van der Waals surface area contributed by atoms with E-state index in [1.807, 2.05) is 30.3 Å². The third-order valence-electron chi connectivity index (χ3n) is 2.10. The number of hydrogen-bond acceptors (Lipinski definition) is 2. The molecule has 0 fully saturated rings. The first-order chi connectivity index (χ1) is 8.11. The van der Waals surface area contributed by atoms with Crippen molar-refractivity contribution in [2.45, 2.75) is 32.2 Å². The molecule has 3 N–H and O–H groups in total. The Bertz CT molecular complexity index is 302. The average Bonchev–Trinajstić information content (AvgIpc) is 2.32. The molecular formula is C13H20ClNO2. The first-order valence-electron chi connectivity index (χ1n) is 5.70. The number of hydrogen-bond donors (Lipinski definition) is 2. The van der Waals surface area contributed by atoms with Crippen LogP contribution in [0.1, 0.15) is 25.3 Å². The second kappa shape index (κ2) is 10.1. The molecule has 0 aliphatic heterocycles. The fraction of sp³-hybridized carbons (Fsp3) is 0.462. The van der Waals surface area contributed by atoms with Crippen LogP contribution in [-0.2, 0) is 11.2 Å². The zero-order valence-corrected chi connectivity index (χ0v) is 10.9. The lowest BCUT2D eigenvalue weighted by molar-refractivity contribution is -0.138. The summed E-state index contributed by atoms with van der Waals surface area (Å²) in [4.78, 5) is 10.4. The number of halogens is 1. The number of aliphatic carboxylic acids is 1. The molecular weight excluding hydrogens is 238 g/mol. The molecule has 1 rings (SSSR count). The van der Waals surface area contributed by atoms with Gasteiger partial charge in [0.2, 0.25) is 0 Å². The zero-order chi connectivity index (χ0) is 13.1. The topological polar surface area (TPSA) is 63.3 Å². The van der Waals surface area contributed by atoms with Gasteiger partial charge in [-0.05, 0) is 18.4 Å². The minimum atomic E-state index is -0.959. The summed E-state index contributed by atoms with van der Waals surface area (Å²) in [5, 5.41) is 8.52. The van der Waals surface area contributed by atoms with E-state index in [1.165, 1.54) is 6.42 Å². The standard InChI is InChI=1S/C9H11NO2.C4H9Cl/c10-8(9(11)12)6-7-4-2-1-3-5-7;1-2-3-4-5/h1-5,8H,6,10H2,(H,11,12);2-4H2,1H3. The molecule has 0 heterocycles. The third kappa shape index (κ3) is 8.72. The highest BCUT2D eigenvalue weighted by Gasteiger charge is 2.10. The SMILES string of the molecule is CCCCCl.NC(Cc1ccccc1)C(=O)O. The van der Waals surface area contributed by atoms with Gasteiger partial charge in [0.15, 0.2) is 0 Å². The Labute approximate surface area is 108 Å². The van der Waals surface area contributed by atoms with Crippen LogP contribution in [0.2, 0.25) is 0 Å². The van der Waals surface area contributed by atoms with Crippen molar-refractivity contribution >= 4 is 17.6 Å². The van der Waals surface area contributed by atoms with Crippen molar-refractivity contribution in [1.82, 2.24) is 0 Å². The summed E-state index contributed by atoms with van der Waals surface area (Å²) in [7, 11) is 0. The smallest absolute Gasteiger partial charge is 0.320 e. The number of carbonyl (C=O) groups is 1. The van der Waals surface area contributed by atoms with E-state index < -0.39 is 12.0 Å². The molecule has 0 radical (unpaired) electrons. The number of rotatable bonds is 5. The van der Waals surface area contributed by atoms with Crippen LogP contribution in [0.4, 0.5) is 0 Å². The molecule has 0 saturated heterocycles. The maximum absolute atomic E-state index is 10.4. The van der Waals surface area contributed by atoms with Crippen LogP contribution in [0.25, 0.3) is 0 Å². The lowest BCUT2D eigenvalue weighted by atomic mass is 10.1. The van der Waals surface area contributed by atoms with Crippen LogP contribution in [0.15, 0.2) is 30.3 Å².